The molecule has 8 heteroatoms. The summed E-state index contributed by atoms with van der Waals surface area (Å²) in [5.74, 6) is 0.296. The number of carbonyl (C=O) groups is 1. The smallest absolute Gasteiger partial charge is 0.314 e. The maximum absolute atomic E-state index is 12.7. The lowest BCUT2D eigenvalue weighted by Gasteiger charge is -2.25. The van der Waals surface area contributed by atoms with E-state index in [2.05, 4.69) is 10.1 Å². The van der Waals surface area contributed by atoms with E-state index in [4.69, 9.17) is 9.47 Å². The van der Waals surface area contributed by atoms with Gasteiger partial charge >= 0.3 is 6.01 Å². The van der Waals surface area contributed by atoms with Crippen LogP contribution in [-0.2, 0) is 11.8 Å². The van der Waals surface area contributed by atoms with Crippen LogP contribution >= 0.6 is 0 Å². The first-order valence-electron chi connectivity index (χ1n) is 7.59. The zero-order valence-corrected chi connectivity index (χ0v) is 13.8. The average molecular weight is 332 g/mol. The maximum Gasteiger partial charge on any atom is 0.314 e. The molecule has 8 nitrogen and oxygen atoms in total. The van der Waals surface area contributed by atoms with Crippen LogP contribution in [0.5, 0.6) is 6.01 Å². The van der Waals surface area contributed by atoms with Crippen molar-refractivity contribution in [1.29, 1.82) is 0 Å². The normalized spacial score (nSPS) is 20.2. The number of amides is 1. The van der Waals surface area contributed by atoms with Gasteiger partial charge in [-0.15, -0.1) is 5.10 Å². The lowest BCUT2D eigenvalue weighted by Crippen LogP contribution is -2.44. The minimum Gasteiger partial charge on any atom is -0.467 e. The van der Waals surface area contributed by atoms with Gasteiger partial charge in [-0.2, -0.15) is 4.98 Å². The van der Waals surface area contributed by atoms with Crippen LogP contribution < -0.4 is 4.74 Å². The summed E-state index contributed by atoms with van der Waals surface area (Å²) < 4.78 is 11.9. The quantitative estimate of drug-likeness (QED) is 0.867. The fourth-order valence-electron chi connectivity index (χ4n) is 2.72. The summed E-state index contributed by atoms with van der Waals surface area (Å²) in [6.07, 6.45) is -0.663. The van der Waals surface area contributed by atoms with Gasteiger partial charge in [0.25, 0.3) is 5.91 Å². The fourth-order valence-corrected chi connectivity index (χ4v) is 2.72. The summed E-state index contributed by atoms with van der Waals surface area (Å²) in [5.41, 5.74) is 1.22. The molecule has 1 aromatic carbocycles. The second-order valence-electron chi connectivity index (χ2n) is 5.71. The summed E-state index contributed by atoms with van der Waals surface area (Å²) in [6.45, 7) is 0.585. The minimum atomic E-state index is -0.663. The van der Waals surface area contributed by atoms with Crippen molar-refractivity contribution in [3.05, 3.63) is 29.8 Å². The Morgan fingerprint density at radius 1 is 1.46 bits per heavy atom. The number of ether oxygens (including phenoxy) is 2. The third-order valence-corrected chi connectivity index (χ3v) is 4.11. The molecule has 0 aliphatic carbocycles. The first-order chi connectivity index (χ1) is 11.5. The van der Waals surface area contributed by atoms with Gasteiger partial charge in [0.1, 0.15) is 0 Å². The van der Waals surface area contributed by atoms with Gasteiger partial charge in [0.15, 0.2) is 5.82 Å². The highest BCUT2D eigenvalue weighted by molar-refractivity contribution is 5.95. The Morgan fingerprint density at radius 2 is 2.25 bits per heavy atom. The number of hydrogen-bond acceptors (Lipinski definition) is 6. The van der Waals surface area contributed by atoms with Crippen LogP contribution in [0.3, 0.4) is 0 Å². The van der Waals surface area contributed by atoms with Crippen LogP contribution in [-0.4, -0.2) is 70.2 Å². The average Bonchev–Trinajstić information content (AvgIpc) is 3.19. The Morgan fingerprint density at radius 3 is 2.88 bits per heavy atom. The molecule has 2 aromatic rings. The Balaban J connectivity index is 1.85. The predicted octanol–water partition coefficient (Wildman–Crippen LogP) is 0.322. The molecular weight excluding hydrogens is 312 g/mol. The van der Waals surface area contributed by atoms with Crippen molar-refractivity contribution in [2.24, 2.45) is 7.05 Å². The number of benzene rings is 1. The predicted molar refractivity (Wildman–Crippen MR) is 85.7 cm³/mol. The molecule has 1 amide bonds. The topological polar surface area (TPSA) is 89.7 Å². The number of rotatable bonds is 4. The Bertz CT molecular complexity index is 745. The highest BCUT2D eigenvalue weighted by atomic mass is 16.5. The molecule has 0 spiro atoms. The van der Waals surface area contributed by atoms with Gasteiger partial charge in [-0.25, -0.2) is 4.68 Å². The molecule has 1 N–H and O–H groups in total. The zero-order valence-electron chi connectivity index (χ0n) is 13.8. The number of carbonyl (C=O) groups excluding carboxylic acids is 1. The van der Waals surface area contributed by atoms with Gasteiger partial charge in [-0.05, 0) is 12.1 Å². The van der Waals surface area contributed by atoms with Gasteiger partial charge in [-0.3, -0.25) is 4.79 Å². The third kappa shape index (κ3) is 2.98. The number of aryl methyl sites for hydroxylation is 1. The summed E-state index contributed by atoms with van der Waals surface area (Å²) in [5, 5.41) is 14.2. The minimum absolute atomic E-state index is 0.186. The SMILES string of the molecule is COc1nc(-c2cccc(C(=O)N(C)[C@@H]3COC[C@H]3O)c2)nn1C. The molecular formula is C16H20N4O4. The second kappa shape index (κ2) is 6.58. The van der Waals surface area contributed by atoms with E-state index >= 15 is 0 Å². The third-order valence-electron chi connectivity index (χ3n) is 4.11. The van der Waals surface area contributed by atoms with Crippen LogP contribution in [0.25, 0.3) is 11.4 Å². The van der Waals surface area contributed by atoms with Crippen LogP contribution in [0.15, 0.2) is 24.3 Å². The van der Waals surface area contributed by atoms with Gasteiger partial charge in [0, 0.05) is 25.2 Å². The first-order valence-corrected chi connectivity index (χ1v) is 7.59. The van der Waals surface area contributed by atoms with Crippen LogP contribution in [0.1, 0.15) is 10.4 Å². The van der Waals surface area contributed by atoms with Gasteiger partial charge < -0.3 is 19.5 Å². The molecule has 1 aliphatic heterocycles. The van der Waals surface area contributed by atoms with Crippen LogP contribution in [0, 0.1) is 0 Å². The van der Waals surface area contributed by atoms with Crippen molar-refractivity contribution in [2.75, 3.05) is 27.4 Å². The number of aromatic nitrogens is 3. The highest BCUT2D eigenvalue weighted by Crippen LogP contribution is 2.21. The van der Waals surface area contributed by atoms with Crippen molar-refractivity contribution < 1.29 is 19.4 Å². The maximum atomic E-state index is 12.7. The Kier molecular flexibility index (Phi) is 4.50. The highest BCUT2D eigenvalue weighted by Gasteiger charge is 2.32. The van der Waals surface area contributed by atoms with Crippen LogP contribution in [0.4, 0.5) is 0 Å². The molecule has 2 atom stereocenters. The molecule has 3 rings (SSSR count). The molecule has 0 saturated carbocycles. The number of aliphatic hydroxyl groups excluding tert-OH is 1. The lowest BCUT2D eigenvalue weighted by molar-refractivity contribution is 0.0581. The molecule has 0 radical (unpaired) electrons. The summed E-state index contributed by atoms with van der Waals surface area (Å²) in [7, 11) is 4.93. The van der Waals surface area contributed by atoms with Crippen molar-refractivity contribution >= 4 is 5.91 Å². The summed E-state index contributed by atoms with van der Waals surface area (Å²) >= 11 is 0. The van der Waals surface area contributed by atoms with E-state index in [-0.39, 0.29) is 18.6 Å². The zero-order chi connectivity index (χ0) is 17.3. The van der Waals surface area contributed by atoms with Gasteiger partial charge in [0.2, 0.25) is 0 Å². The lowest BCUT2D eigenvalue weighted by atomic mass is 10.1. The number of hydrogen-bond donors (Lipinski definition) is 1. The van der Waals surface area contributed by atoms with Crippen molar-refractivity contribution in [3.63, 3.8) is 0 Å². The standard InChI is InChI=1S/C16H20N4O4/c1-19(12-8-24-9-13(12)21)15(22)11-6-4-5-10(7-11)14-17-16(23-3)20(2)18-14/h4-7,12-13,21H,8-9H2,1-3H3/t12-,13-/m1/s1. The molecule has 0 unspecified atom stereocenters. The largest absolute Gasteiger partial charge is 0.467 e. The number of nitrogens with zero attached hydrogens (tertiary/aromatic N) is 4. The molecule has 128 valence electrons. The number of aliphatic hydroxyl groups is 1. The molecule has 1 aliphatic rings. The van der Waals surface area contributed by atoms with Gasteiger partial charge in [-0.1, -0.05) is 12.1 Å². The number of methoxy groups -OCH3 is 1. The second-order valence-corrected chi connectivity index (χ2v) is 5.71. The van der Waals surface area contributed by atoms with Gasteiger partial charge in [0.05, 0.1) is 32.5 Å². The molecule has 2 heterocycles. The van der Waals surface area contributed by atoms with Crippen molar-refractivity contribution in [3.8, 4) is 17.4 Å². The summed E-state index contributed by atoms with van der Waals surface area (Å²) in [6, 6.07) is 7.12. The first kappa shape index (κ1) is 16.4. The van der Waals surface area contributed by atoms with E-state index < -0.39 is 6.10 Å². The van der Waals surface area contributed by atoms with E-state index in [1.807, 2.05) is 6.07 Å². The molecule has 1 aromatic heterocycles. The van der Waals surface area contributed by atoms with Crippen molar-refractivity contribution in [1.82, 2.24) is 19.7 Å². The van der Waals surface area contributed by atoms with E-state index in [1.54, 1.807) is 32.3 Å². The number of likely N-dealkylation sites (N-methyl/N-ethyl adjacent to an activating group) is 1. The molecule has 1 fully saturated rings. The van der Waals surface area contributed by atoms with E-state index in [1.165, 1.54) is 16.7 Å². The van der Waals surface area contributed by atoms with Crippen LogP contribution in [0.2, 0.25) is 0 Å². The molecule has 0 bridgehead atoms. The van der Waals surface area contributed by atoms with E-state index in [0.29, 0.717) is 24.0 Å². The van der Waals surface area contributed by atoms with Crippen molar-refractivity contribution in [2.45, 2.75) is 12.1 Å². The Hall–Kier alpha value is -2.45. The van der Waals surface area contributed by atoms with E-state index in [0.717, 1.165) is 5.56 Å². The molecule has 24 heavy (non-hydrogen) atoms. The molecule has 1 saturated heterocycles. The Labute approximate surface area is 139 Å². The summed E-state index contributed by atoms with van der Waals surface area (Å²) in [4.78, 5) is 18.5. The monoisotopic (exact) mass is 332 g/mol. The van der Waals surface area contributed by atoms with E-state index in [9.17, 15) is 9.90 Å². The fraction of sp³-hybridized carbons (Fsp3) is 0.438.